The molecule has 0 radical (unpaired) electrons. The van der Waals surface area contributed by atoms with Crippen molar-refractivity contribution in [2.24, 2.45) is 5.73 Å². The molecule has 0 spiro atoms. The molecule has 3 rings (SSSR count). The van der Waals surface area contributed by atoms with Crippen molar-refractivity contribution in [3.05, 3.63) is 71.1 Å². The monoisotopic (exact) mass is 335 g/mol. The fourth-order valence-corrected chi connectivity index (χ4v) is 2.91. The van der Waals surface area contributed by atoms with E-state index in [1.165, 1.54) is 0 Å². The molecule has 1 amide bonds. The molecule has 0 aliphatic rings. The van der Waals surface area contributed by atoms with Crippen molar-refractivity contribution < 1.29 is 4.79 Å². The molecule has 0 atom stereocenters. The molecule has 128 valence electrons. The molecule has 1 aromatic heterocycles. The highest BCUT2D eigenvalue weighted by molar-refractivity contribution is 5.95. The highest BCUT2D eigenvalue weighted by Crippen LogP contribution is 2.26. The number of nitrogens with one attached hydrogen (secondary N) is 1. The number of nitrogens with zero attached hydrogens (tertiary/aromatic N) is 1. The maximum Gasteiger partial charge on any atom is 0.258 e. The van der Waals surface area contributed by atoms with Crippen LogP contribution in [0.25, 0.3) is 21.9 Å². The summed E-state index contributed by atoms with van der Waals surface area (Å²) in [5, 5.41) is 4.38. The number of hydrogen-bond donors (Lipinski definition) is 2. The second-order valence-electron chi connectivity index (χ2n) is 5.86. The van der Waals surface area contributed by atoms with Crippen LogP contribution >= 0.6 is 0 Å². The van der Waals surface area contributed by atoms with E-state index in [0.29, 0.717) is 24.9 Å². The standard InChI is InChI=1S/C20H21N3O2/c21-13-19(24)22-11-6-12-23-14-18(15-7-2-1-3-8-15)16-9-4-5-10-17(16)20(23)25/h1-5,7-10,14H,6,11-13,21H2,(H,22,24). The molecule has 5 heteroatoms. The Balaban J connectivity index is 1.95. The van der Waals surface area contributed by atoms with E-state index < -0.39 is 0 Å². The minimum Gasteiger partial charge on any atom is -0.355 e. The van der Waals surface area contributed by atoms with Crippen LogP contribution in [0.5, 0.6) is 0 Å². The van der Waals surface area contributed by atoms with Crippen LogP contribution in [0.3, 0.4) is 0 Å². The summed E-state index contributed by atoms with van der Waals surface area (Å²) in [6.45, 7) is 1.01. The van der Waals surface area contributed by atoms with E-state index >= 15 is 0 Å². The Kier molecular flexibility index (Phi) is 5.26. The van der Waals surface area contributed by atoms with Gasteiger partial charge in [-0.15, -0.1) is 0 Å². The van der Waals surface area contributed by atoms with Gasteiger partial charge in [0.1, 0.15) is 0 Å². The zero-order valence-corrected chi connectivity index (χ0v) is 13.9. The zero-order valence-electron chi connectivity index (χ0n) is 13.9. The van der Waals surface area contributed by atoms with Crippen LogP contribution in [0.1, 0.15) is 6.42 Å². The summed E-state index contributed by atoms with van der Waals surface area (Å²) in [4.78, 5) is 24.0. The summed E-state index contributed by atoms with van der Waals surface area (Å²) in [5.41, 5.74) is 7.36. The van der Waals surface area contributed by atoms with E-state index in [0.717, 1.165) is 16.5 Å². The van der Waals surface area contributed by atoms with Gasteiger partial charge in [-0.05, 0) is 23.4 Å². The van der Waals surface area contributed by atoms with Crippen LogP contribution in [0.2, 0.25) is 0 Å². The van der Waals surface area contributed by atoms with Gasteiger partial charge in [-0.1, -0.05) is 48.5 Å². The normalized spacial score (nSPS) is 10.8. The van der Waals surface area contributed by atoms with Crippen LogP contribution in [0.4, 0.5) is 0 Å². The first-order chi connectivity index (χ1) is 12.2. The predicted molar refractivity (Wildman–Crippen MR) is 100 cm³/mol. The number of hydrogen-bond acceptors (Lipinski definition) is 3. The first-order valence-corrected chi connectivity index (χ1v) is 8.35. The summed E-state index contributed by atoms with van der Waals surface area (Å²) in [6, 6.07) is 17.7. The number of pyridine rings is 1. The van der Waals surface area contributed by atoms with Gasteiger partial charge < -0.3 is 15.6 Å². The van der Waals surface area contributed by atoms with Gasteiger partial charge in [-0.25, -0.2) is 0 Å². The van der Waals surface area contributed by atoms with Crippen LogP contribution in [0.15, 0.2) is 65.6 Å². The second-order valence-corrected chi connectivity index (χ2v) is 5.86. The number of nitrogens with two attached hydrogens (primary N) is 1. The van der Waals surface area contributed by atoms with Crippen molar-refractivity contribution in [2.75, 3.05) is 13.1 Å². The lowest BCUT2D eigenvalue weighted by Gasteiger charge is -2.13. The van der Waals surface area contributed by atoms with Gasteiger partial charge in [0.05, 0.1) is 6.54 Å². The van der Waals surface area contributed by atoms with Gasteiger partial charge >= 0.3 is 0 Å². The molecule has 1 heterocycles. The first kappa shape index (κ1) is 16.9. The number of aryl methyl sites for hydroxylation is 1. The lowest BCUT2D eigenvalue weighted by molar-refractivity contribution is -0.119. The van der Waals surface area contributed by atoms with Crippen LogP contribution < -0.4 is 16.6 Å². The van der Waals surface area contributed by atoms with Crippen molar-refractivity contribution in [3.63, 3.8) is 0 Å². The molecule has 3 aromatic rings. The van der Waals surface area contributed by atoms with Crippen LogP contribution in [-0.2, 0) is 11.3 Å². The number of aromatic nitrogens is 1. The van der Waals surface area contributed by atoms with Gasteiger partial charge in [-0.3, -0.25) is 9.59 Å². The third-order valence-corrected chi connectivity index (χ3v) is 4.16. The fraction of sp³-hybridized carbons (Fsp3) is 0.200. The van der Waals surface area contributed by atoms with Gasteiger partial charge in [0.15, 0.2) is 0 Å². The lowest BCUT2D eigenvalue weighted by Crippen LogP contribution is -2.32. The third kappa shape index (κ3) is 3.78. The van der Waals surface area contributed by atoms with E-state index in [2.05, 4.69) is 5.32 Å². The van der Waals surface area contributed by atoms with Crippen LogP contribution in [0, 0.1) is 0 Å². The van der Waals surface area contributed by atoms with E-state index in [9.17, 15) is 9.59 Å². The number of rotatable bonds is 6. The molecule has 0 aliphatic heterocycles. The summed E-state index contributed by atoms with van der Waals surface area (Å²) in [6.07, 6.45) is 2.57. The molecule has 0 aliphatic carbocycles. The number of carbonyl (C=O) groups is 1. The number of benzene rings is 2. The molecule has 25 heavy (non-hydrogen) atoms. The maximum absolute atomic E-state index is 12.8. The van der Waals surface area contributed by atoms with Gasteiger partial charge in [0.25, 0.3) is 5.56 Å². The second kappa shape index (κ2) is 7.77. The lowest BCUT2D eigenvalue weighted by atomic mass is 10.0. The smallest absolute Gasteiger partial charge is 0.258 e. The Labute approximate surface area is 146 Å². The Hall–Kier alpha value is -2.92. The maximum atomic E-state index is 12.8. The molecule has 0 fully saturated rings. The van der Waals surface area contributed by atoms with Crippen molar-refractivity contribution in [3.8, 4) is 11.1 Å². The Morgan fingerprint density at radius 3 is 2.40 bits per heavy atom. The number of fused-ring (bicyclic) bond motifs is 1. The molecule has 0 saturated carbocycles. The minimum absolute atomic E-state index is 0.0135. The van der Waals surface area contributed by atoms with E-state index in [1.807, 2.05) is 60.8 Å². The summed E-state index contributed by atoms with van der Waals surface area (Å²) < 4.78 is 1.72. The van der Waals surface area contributed by atoms with Gasteiger partial charge in [0, 0.05) is 30.2 Å². The molecule has 0 bridgehead atoms. The van der Waals surface area contributed by atoms with Crippen molar-refractivity contribution in [1.82, 2.24) is 9.88 Å². The summed E-state index contributed by atoms with van der Waals surface area (Å²) in [7, 11) is 0. The largest absolute Gasteiger partial charge is 0.355 e. The van der Waals surface area contributed by atoms with E-state index in [1.54, 1.807) is 4.57 Å². The van der Waals surface area contributed by atoms with Crippen molar-refractivity contribution >= 4 is 16.7 Å². The molecular formula is C20H21N3O2. The predicted octanol–water partition coefficient (Wildman–Crippen LogP) is 2.13. The minimum atomic E-state index is -0.184. The van der Waals surface area contributed by atoms with E-state index in [4.69, 9.17) is 5.73 Å². The molecular weight excluding hydrogens is 314 g/mol. The highest BCUT2D eigenvalue weighted by Gasteiger charge is 2.10. The van der Waals surface area contributed by atoms with Crippen molar-refractivity contribution in [2.45, 2.75) is 13.0 Å². The molecule has 0 unspecified atom stereocenters. The Morgan fingerprint density at radius 1 is 1.00 bits per heavy atom. The summed E-state index contributed by atoms with van der Waals surface area (Å²) >= 11 is 0. The highest BCUT2D eigenvalue weighted by atomic mass is 16.1. The number of amides is 1. The molecule has 5 nitrogen and oxygen atoms in total. The number of carbonyl (C=O) groups excluding carboxylic acids is 1. The molecule has 0 saturated heterocycles. The summed E-state index contributed by atoms with van der Waals surface area (Å²) in [5.74, 6) is -0.184. The van der Waals surface area contributed by atoms with E-state index in [-0.39, 0.29) is 18.0 Å². The average Bonchev–Trinajstić information content (AvgIpc) is 2.67. The fourth-order valence-electron chi connectivity index (χ4n) is 2.91. The Bertz CT molecular complexity index is 933. The first-order valence-electron chi connectivity index (χ1n) is 8.35. The quantitative estimate of drug-likeness (QED) is 0.678. The average molecular weight is 335 g/mol. The SMILES string of the molecule is NCC(=O)NCCCn1cc(-c2ccccc2)c2ccccc2c1=O. The zero-order chi connectivity index (χ0) is 17.6. The van der Waals surface area contributed by atoms with Gasteiger partial charge in [0.2, 0.25) is 5.91 Å². The molecule has 3 N–H and O–H groups in total. The Morgan fingerprint density at radius 2 is 1.68 bits per heavy atom. The topological polar surface area (TPSA) is 77.1 Å². The third-order valence-electron chi connectivity index (χ3n) is 4.16. The van der Waals surface area contributed by atoms with Crippen LogP contribution in [-0.4, -0.2) is 23.6 Å². The van der Waals surface area contributed by atoms with Crippen molar-refractivity contribution in [1.29, 1.82) is 0 Å². The van der Waals surface area contributed by atoms with Gasteiger partial charge in [-0.2, -0.15) is 0 Å². The molecule has 2 aromatic carbocycles.